The van der Waals surface area contributed by atoms with E-state index in [9.17, 15) is 4.79 Å². The van der Waals surface area contributed by atoms with E-state index in [1.165, 1.54) is 32.8 Å². The van der Waals surface area contributed by atoms with E-state index < -0.39 is 0 Å². The summed E-state index contributed by atoms with van der Waals surface area (Å²) in [7, 11) is 1.49. The monoisotopic (exact) mass is 239 g/mol. The number of esters is 1. The van der Waals surface area contributed by atoms with Crippen molar-refractivity contribution in [2.24, 2.45) is 11.8 Å². The molecule has 0 radical (unpaired) electrons. The van der Waals surface area contributed by atoms with Crippen LogP contribution >= 0.6 is 0 Å². The molecule has 0 aromatic carbocycles. The van der Waals surface area contributed by atoms with Gasteiger partial charge in [0.1, 0.15) is 6.04 Å². The number of methoxy groups -OCH3 is 1. The fraction of sp³-hybridized carbons (Fsp3) is 0.929. The molecule has 2 aliphatic carbocycles. The number of unbranched alkanes of at least 4 members (excludes halogenated alkanes) is 1. The summed E-state index contributed by atoms with van der Waals surface area (Å²) in [5, 5.41) is 3.59. The van der Waals surface area contributed by atoms with Crippen molar-refractivity contribution in [2.45, 2.75) is 64.0 Å². The molecule has 0 bridgehead atoms. The van der Waals surface area contributed by atoms with E-state index >= 15 is 0 Å². The highest BCUT2D eigenvalue weighted by atomic mass is 16.5. The van der Waals surface area contributed by atoms with Crippen LogP contribution in [0.15, 0.2) is 0 Å². The molecule has 2 aliphatic rings. The van der Waals surface area contributed by atoms with Gasteiger partial charge in [0.05, 0.1) is 7.11 Å². The Morgan fingerprint density at radius 1 is 1.29 bits per heavy atom. The summed E-state index contributed by atoms with van der Waals surface area (Å²) < 4.78 is 4.91. The molecule has 0 spiro atoms. The number of hydrogen-bond donors (Lipinski definition) is 1. The van der Waals surface area contributed by atoms with Crippen molar-refractivity contribution in [1.29, 1.82) is 0 Å². The van der Waals surface area contributed by atoms with Crippen molar-refractivity contribution in [3.8, 4) is 0 Å². The number of hydrogen-bond acceptors (Lipinski definition) is 3. The third-order valence-electron chi connectivity index (χ3n) is 3.99. The maximum atomic E-state index is 11.8. The Balaban J connectivity index is 1.87. The lowest BCUT2D eigenvalue weighted by Crippen LogP contribution is -2.46. The highest BCUT2D eigenvalue weighted by Gasteiger charge is 2.42. The SMILES string of the molecule is CCCCC(NC(C1CC1)C1CC1)C(=O)OC. The van der Waals surface area contributed by atoms with Crippen LogP contribution in [0.3, 0.4) is 0 Å². The molecule has 0 amide bonds. The summed E-state index contributed by atoms with van der Waals surface area (Å²) in [4.78, 5) is 11.8. The van der Waals surface area contributed by atoms with Crippen LogP contribution in [0.25, 0.3) is 0 Å². The van der Waals surface area contributed by atoms with Gasteiger partial charge in [0, 0.05) is 6.04 Å². The number of rotatable bonds is 8. The van der Waals surface area contributed by atoms with Gasteiger partial charge in [-0.3, -0.25) is 4.79 Å². The van der Waals surface area contributed by atoms with Gasteiger partial charge in [0.25, 0.3) is 0 Å². The minimum atomic E-state index is -0.0789. The minimum Gasteiger partial charge on any atom is -0.468 e. The molecule has 1 unspecified atom stereocenters. The molecular formula is C14H25NO2. The Labute approximate surface area is 104 Å². The number of carbonyl (C=O) groups is 1. The summed E-state index contributed by atoms with van der Waals surface area (Å²) in [6.07, 6.45) is 8.51. The zero-order chi connectivity index (χ0) is 12.3. The third kappa shape index (κ3) is 3.70. The molecule has 0 aliphatic heterocycles. The average Bonchev–Trinajstić information content (AvgIpc) is 3.18. The van der Waals surface area contributed by atoms with Gasteiger partial charge < -0.3 is 10.1 Å². The van der Waals surface area contributed by atoms with Gasteiger partial charge in [-0.1, -0.05) is 19.8 Å². The third-order valence-corrected chi connectivity index (χ3v) is 3.99. The van der Waals surface area contributed by atoms with E-state index in [1.54, 1.807) is 0 Å². The van der Waals surface area contributed by atoms with Crippen molar-refractivity contribution in [2.75, 3.05) is 7.11 Å². The van der Waals surface area contributed by atoms with E-state index in [0.29, 0.717) is 6.04 Å². The number of carbonyl (C=O) groups excluding carboxylic acids is 1. The van der Waals surface area contributed by atoms with Gasteiger partial charge in [-0.05, 0) is 43.9 Å². The van der Waals surface area contributed by atoms with Crippen molar-refractivity contribution in [3.05, 3.63) is 0 Å². The Bertz CT molecular complexity index is 247. The van der Waals surface area contributed by atoms with Crippen molar-refractivity contribution in [1.82, 2.24) is 5.32 Å². The van der Waals surface area contributed by atoms with Gasteiger partial charge in [0.15, 0.2) is 0 Å². The Hall–Kier alpha value is -0.570. The summed E-state index contributed by atoms with van der Waals surface area (Å²) in [5.41, 5.74) is 0. The minimum absolute atomic E-state index is 0.0776. The molecule has 17 heavy (non-hydrogen) atoms. The fourth-order valence-corrected chi connectivity index (χ4v) is 2.62. The van der Waals surface area contributed by atoms with E-state index in [1.807, 2.05) is 0 Å². The van der Waals surface area contributed by atoms with Crippen LogP contribution in [0.5, 0.6) is 0 Å². The van der Waals surface area contributed by atoms with E-state index in [4.69, 9.17) is 4.74 Å². The van der Waals surface area contributed by atoms with Gasteiger partial charge in [-0.2, -0.15) is 0 Å². The Morgan fingerprint density at radius 2 is 1.88 bits per heavy atom. The molecule has 2 rings (SSSR count). The second kappa shape index (κ2) is 5.85. The molecule has 0 aromatic rings. The van der Waals surface area contributed by atoms with Crippen molar-refractivity contribution < 1.29 is 9.53 Å². The number of ether oxygens (including phenoxy) is 1. The molecule has 0 saturated heterocycles. The van der Waals surface area contributed by atoms with Crippen molar-refractivity contribution in [3.63, 3.8) is 0 Å². The smallest absolute Gasteiger partial charge is 0.322 e. The van der Waals surface area contributed by atoms with E-state index in [0.717, 1.165) is 31.1 Å². The van der Waals surface area contributed by atoms with Crippen LogP contribution in [-0.2, 0) is 9.53 Å². The predicted octanol–water partition coefficient (Wildman–Crippen LogP) is 2.50. The summed E-state index contributed by atoms with van der Waals surface area (Å²) >= 11 is 0. The van der Waals surface area contributed by atoms with E-state index in [-0.39, 0.29) is 12.0 Å². The first-order chi connectivity index (χ1) is 8.26. The molecule has 2 saturated carbocycles. The molecule has 0 aromatic heterocycles. The van der Waals surface area contributed by atoms with Gasteiger partial charge >= 0.3 is 5.97 Å². The first-order valence-electron chi connectivity index (χ1n) is 7.10. The first kappa shape index (κ1) is 12.9. The Morgan fingerprint density at radius 3 is 2.29 bits per heavy atom. The standard InChI is InChI=1S/C14H25NO2/c1-3-4-5-12(14(16)17-2)15-13(10-6-7-10)11-8-9-11/h10-13,15H,3-9H2,1-2H3. The summed E-state index contributed by atoms with van der Waals surface area (Å²) in [6.45, 7) is 2.16. The molecule has 0 heterocycles. The normalized spacial score (nSPS) is 21.6. The lowest BCUT2D eigenvalue weighted by atomic mass is 10.0. The molecule has 3 heteroatoms. The fourth-order valence-electron chi connectivity index (χ4n) is 2.62. The maximum absolute atomic E-state index is 11.8. The van der Waals surface area contributed by atoms with Crippen LogP contribution in [0, 0.1) is 11.8 Å². The van der Waals surface area contributed by atoms with E-state index in [2.05, 4.69) is 12.2 Å². The van der Waals surface area contributed by atoms with Crippen LogP contribution in [0.1, 0.15) is 51.9 Å². The van der Waals surface area contributed by atoms with Crippen LogP contribution in [0.4, 0.5) is 0 Å². The lowest BCUT2D eigenvalue weighted by Gasteiger charge is -2.24. The molecular weight excluding hydrogens is 214 g/mol. The summed E-state index contributed by atoms with van der Waals surface area (Å²) in [5.74, 6) is 1.58. The average molecular weight is 239 g/mol. The maximum Gasteiger partial charge on any atom is 0.322 e. The summed E-state index contributed by atoms with van der Waals surface area (Å²) in [6, 6.07) is 0.502. The quantitative estimate of drug-likeness (QED) is 0.661. The topological polar surface area (TPSA) is 38.3 Å². The zero-order valence-corrected chi connectivity index (χ0v) is 11.1. The lowest BCUT2D eigenvalue weighted by molar-refractivity contribution is -0.143. The van der Waals surface area contributed by atoms with Crippen molar-refractivity contribution >= 4 is 5.97 Å². The molecule has 2 fully saturated rings. The van der Waals surface area contributed by atoms with Crippen LogP contribution in [0.2, 0.25) is 0 Å². The molecule has 98 valence electrons. The highest BCUT2D eigenvalue weighted by Crippen LogP contribution is 2.44. The molecule has 1 atom stereocenters. The van der Waals surface area contributed by atoms with Gasteiger partial charge in [-0.25, -0.2) is 0 Å². The largest absolute Gasteiger partial charge is 0.468 e. The molecule has 3 nitrogen and oxygen atoms in total. The predicted molar refractivity (Wildman–Crippen MR) is 67.7 cm³/mol. The van der Waals surface area contributed by atoms with Crippen LogP contribution in [-0.4, -0.2) is 25.2 Å². The van der Waals surface area contributed by atoms with Gasteiger partial charge in [-0.15, -0.1) is 0 Å². The molecule has 1 N–H and O–H groups in total. The first-order valence-corrected chi connectivity index (χ1v) is 7.10. The Kier molecular flexibility index (Phi) is 4.43. The van der Waals surface area contributed by atoms with Gasteiger partial charge in [0.2, 0.25) is 0 Å². The second-order valence-corrected chi connectivity index (χ2v) is 5.59. The van der Waals surface area contributed by atoms with Crippen LogP contribution < -0.4 is 5.32 Å². The highest BCUT2D eigenvalue weighted by molar-refractivity contribution is 5.75. The number of nitrogens with one attached hydrogen (secondary N) is 1. The zero-order valence-electron chi connectivity index (χ0n) is 11.1. The second-order valence-electron chi connectivity index (χ2n) is 5.59.